The predicted molar refractivity (Wildman–Crippen MR) is 68.8 cm³/mol. The van der Waals surface area contributed by atoms with E-state index in [0.717, 1.165) is 18.8 Å². The monoisotopic (exact) mass is 249 g/mol. The van der Waals surface area contributed by atoms with Crippen molar-refractivity contribution >= 4 is 11.8 Å². The van der Waals surface area contributed by atoms with Crippen LogP contribution >= 0.6 is 0 Å². The maximum atomic E-state index is 10.7. The highest BCUT2D eigenvalue weighted by Gasteiger charge is 2.25. The molecule has 18 heavy (non-hydrogen) atoms. The van der Waals surface area contributed by atoms with E-state index in [0.29, 0.717) is 12.0 Å². The first-order valence-electron chi connectivity index (χ1n) is 6.43. The summed E-state index contributed by atoms with van der Waals surface area (Å²) in [6.45, 7) is 5.37. The molecule has 0 saturated carbocycles. The molecule has 5 nitrogen and oxygen atoms in total. The van der Waals surface area contributed by atoms with Gasteiger partial charge in [0.15, 0.2) is 5.69 Å². The minimum absolute atomic E-state index is 0.00421. The maximum Gasteiger partial charge on any atom is 0.356 e. The molecule has 0 bridgehead atoms. The Morgan fingerprint density at radius 2 is 2.22 bits per heavy atom. The molecule has 1 saturated heterocycles. The Morgan fingerprint density at radius 1 is 1.44 bits per heavy atom. The van der Waals surface area contributed by atoms with Crippen LogP contribution in [0.25, 0.3) is 0 Å². The fourth-order valence-electron chi connectivity index (χ4n) is 2.41. The number of piperidine rings is 1. The Balaban J connectivity index is 2.16. The van der Waals surface area contributed by atoms with Crippen molar-refractivity contribution in [2.24, 2.45) is 5.92 Å². The minimum atomic E-state index is -1.04. The van der Waals surface area contributed by atoms with E-state index in [1.54, 1.807) is 6.20 Å². The van der Waals surface area contributed by atoms with Gasteiger partial charge in [-0.25, -0.2) is 14.8 Å². The maximum absolute atomic E-state index is 10.7. The molecule has 0 spiro atoms. The molecule has 98 valence electrons. The second-order valence-corrected chi connectivity index (χ2v) is 4.92. The number of hydrogen-bond acceptors (Lipinski definition) is 4. The van der Waals surface area contributed by atoms with Gasteiger partial charge in [0.2, 0.25) is 0 Å². The van der Waals surface area contributed by atoms with Gasteiger partial charge in [-0.2, -0.15) is 0 Å². The highest BCUT2D eigenvalue weighted by Crippen LogP contribution is 2.27. The molecule has 1 aliphatic heterocycles. The lowest BCUT2D eigenvalue weighted by Crippen LogP contribution is -2.42. The second-order valence-electron chi connectivity index (χ2n) is 4.92. The van der Waals surface area contributed by atoms with Gasteiger partial charge in [-0.3, -0.25) is 0 Å². The fraction of sp³-hybridized carbons (Fsp3) is 0.615. The Morgan fingerprint density at radius 3 is 2.78 bits per heavy atom. The zero-order valence-electron chi connectivity index (χ0n) is 10.8. The molecule has 5 heteroatoms. The van der Waals surface area contributed by atoms with Gasteiger partial charge in [0.25, 0.3) is 0 Å². The van der Waals surface area contributed by atoms with Crippen molar-refractivity contribution in [2.75, 3.05) is 11.4 Å². The summed E-state index contributed by atoms with van der Waals surface area (Å²) in [4.78, 5) is 21.1. The van der Waals surface area contributed by atoms with Crippen LogP contribution in [0.2, 0.25) is 0 Å². The standard InChI is InChI=1S/C13H19N3O2/c1-3-10-5-4-9(2)16(8-10)12-7-14-11(6-15-12)13(17)18/h6-7,9-10H,3-5,8H2,1-2H3,(H,17,18). The first kappa shape index (κ1) is 12.8. The van der Waals surface area contributed by atoms with Crippen LogP contribution in [0.1, 0.15) is 43.6 Å². The van der Waals surface area contributed by atoms with Gasteiger partial charge in [0, 0.05) is 12.6 Å². The summed E-state index contributed by atoms with van der Waals surface area (Å²) in [5, 5.41) is 8.80. The molecule has 2 atom stereocenters. The Labute approximate surface area is 107 Å². The Hall–Kier alpha value is -1.65. The molecule has 2 rings (SSSR count). The fourth-order valence-corrected chi connectivity index (χ4v) is 2.41. The number of carboxylic acids is 1. The Kier molecular flexibility index (Phi) is 3.79. The number of hydrogen-bond donors (Lipinski definition) is 1. The van der Waals surface area contributed by atoms with Crippen molar-refractivity contribution < 1.29 is 9.90 Å². The largest absolute Gasteiger partial charge is 0.476 e. The summed E-state index contributed by atoms with van der Waals surface area (Å²) in [7, 11) is 0. The van der Waals surface area contributed by atoms with E-state index < -0.39 is 5.97 Å². The van der Waals surface area contributed by atoms with Crippen LogP contribution in [0, 0.1) is 5.92 Å². The summed E-state index contributed by atoms with van der Waals surface area (Å²) in [5.74, 6) is 0.444. The minimum Gasteiger partial charge on any atom is -0.476 e. The molecular weight excluding hydrogens is 230 g/mol. The number of anilines is 1. The van der Waals surface area contributed by atoms with Crippen molar-refractivity contribution in [1.82, 2.24) is 9.97 Å². The molecule has 2 heterocycles. The first-order valence-corrected chi connectivity index (χ1v) is 6.43. The summed E-state index contributed by atoms with van der Waals surface area (Å²) in [5.41, 5.74) is -0.00421. The van der Waals surface area contributed by atoms with Gasteiger partial charge in [0.05, 0.1) is 12.4 Å². The zero-order valence-corrected chi connectivity index (χ0v) is 10.8. The average Bonchev–Trinajstić information content (AvgIpc) is 2.39. The lowest BCUT2D eigenvalue weighted by Gasteiger charge is -2.38. The summed E-state index contributed by atoms with van der Waals surface area (Å²) in [6, 6.07) is 0.442. The lowest BCUT2D eigenvalue weighted by atomic mass is 9.91. The topological polar surface area (TPSA) is 66.3 Å². The molecule has 1 N–H and O–H groups in total. The van der Waals surface area contributed by atoms with Crippen LogP contribution in [0.4, 0.5) is 5.82 Å². The van der Waals surface area contributed by atoms with E-state index in [1.807, 2.05) is 0 Å². The quantitative estimate of drug-likeness (QED) is 0.889. The highest BCUT2D eigenvalue weighted by molar-refractivity contribution is 5.84. The summed E-state index contributed by atoms with van der Waals surface area (Å²) < 4.78 is 0. The van der Waals surface area contributed by atoms with Crippen molar-refractivity contribution in [1.29, 1.82) is 0 Å². The summed E-state index contributed by atoms with van der Waals surface area (Å²) in [6.07, 6.45) is 6.48. The number of carboxylic acid groups (broad SMARTS) is 1. The van der Waals surface area contributed by atoms with Gasteiger partial charge >= 0.3 is 5.97 Å². The van der Waals surface area contributed by atoms with Crippen LogP contribution in [-0.2, 0) is 0 Å². The van der Waals surface area contributed by atoms with E-state index >= 15 is 0 Å². The molecule has 0 radical (unpaired) electrons. The SMILES string of the molecule is CCC1CCC(C)N(c2cnc(C(=O)O)cn2)C1. The van der Waals surface area contributed by atoms with Gasteiger partial charge in [-0.15, -0.1) is 0 Å². The van der Waals surface area contributed by atoms with Gasteiger partial charge in [-0.1, -0.05) is 13.3 Å². The molecule has 0 amide bonds. The van der Waals surface area contributed by atoms with Crippen molar-refractivity contribution in [3.63, 3.8) is 0 Å². The smallest absolute Gasteiger partial charge is 0.356 e. The highest BCUT2D eigenvalue weighted by atomic mass is 16.4. The van der Waals surface area contributed by atoms with Gasteiger partial charge in [-0.05, 0) is 25.7 Å². The third-order valence-electron chi connectivity index (χ3n) is 3.71. The van der Waals surface area contributed by atoms with E-state index in [2.05, 4.69) is 28.7 Å². The molecule has 1 aromatic heterocycles. The lowest BCUT2D eigenvalue weighted by molar-refractivity contribution is 0.0690. The number of nitrogens with zero attached hydrogens (tertiary/aromatic N) is 3. The van der Waals surface area contributed by atoms with Gasteiger partial charge in [0.1, 0.15) is 5.82 Å². The molecule has 1 aliphatic rings. The number of aromatic nitrogens is 2. The zero-order chi connectivity index (χ0) is 13.1. The van der Waals surface area contributed by atoms with Crippen LogP contribution in [0.3, 0.4) is 0 Å². The molecule has 2 unspecified atom stereocenters. The second kappa shape index (κ2) is 5.33. The molecule has 0 aliphatic carbocycles. The predicted octanol–water partition coefficient (Wildman–Crippen LogP) is 2.19. The molecule has 1 fully saturated rings. The third-order valence-corrected chi connectivity index (χ3v) is 3.71. The van der Waals surface area contributed by atoms with Crippen molar-refractivity contribution in [2.45, 2.75) is 39.2 Å². The first-order chi connectivity index (χ1) is 8.61. The van der Waals surface area contributed by atoms with Crippen LogP contribution in [0.5, 0.6) is 0 Å². The van der Waals surface area contributed by atoms with Crippen molar-refractivity contribution in [3.05, 3.63) is 18.1 Å². The molecular formula is C13H19N3O2. The molecule has 0 aromatic carbocycles. The normalized spacial score (nSPS) is 24.0. The van der Waals surface area contributed by atoms with Crippen LogP contribution in [0.15, 0.2) is 12.4 Å². The van der Waals surface area contributed by atoms with Crippen LogP contribution in [-0.4, -0.2) is 33.6 Å². The van der Waals surface area contributed by atoms with Crippen LogP contribution < -0.4 is 4.90 Å². The summed E-state index contributed by atoms with van der Waals surface area (Å²) >= 11 is 0. The number of rotatable bonds is 3. The average molecular weight is 249 g/mol. The third kappa shape index (κ3) is 2.60. The Bertz CT molecular complexity index is 419. The molecule has 1 aromatic rings. The number of carbonyl (C=O) groups is 1. The van der Waals surface area contributed by atoms with E-state index in [1.165, 1.54) is 19.0 Å². The van der Waals surface area contributed by atoms with E-state index in [4.69, 9.17) is 5.11 Å². The van der Waals surface area contributed by atoms with E-state index in [9.17, 15) is 4.79 Å². The number of aromatic carboxylic acids is 1. The van der Waals surface area contributed by atoms with Crippen molar-refractivity contribution in [3.8, 4) is 0 Å². The van der Waals surface area contributed by atoms with E-state index in [-0.39, 0.29) is 5.69 Å². The van der Waals surface area contributed by atoms with Gasteiger partial charge < -0.3 is 10.0 Å².